The van der Waals surface area contributed by atoms with E-state index >= 15 is 0 Å². The lowest BCUT2D eigenvalue weighted by Crippen LogP contribution is -2.36. The summed E-state index contributed by atoms with van der Waals surface area (Å²) in [5.41, 5.74) is 5.02. The van der Waals surface area contributed by atoms with Crippen molar-refractivity contribution in [2.75, 3.05) is 0 Å². The van der Waals surface area contributed by atoms with Crippen molar-refractivity contribution in [2.45, 2.75) is 90.4 Å². The Morgan fingerprint density at radius 3 is 2.48 bits per heavy atom. The van der Waals surface area contributed by atoms with E-state index in [1.807, 2.05) is 71.5 Å². The Balaban J connectivity index is 1.48. The number of nitriles is 1. The summed E-state index contributed by atoms with van der Waals surface area (Å²) in [7, 11) is 0. The van der Waals surface area contributed by atoms with Crippen molar-refractivity contribution in [1.29, 1.82) is 5.26 Å². The molecule has 2 heterocycles. The molecule has 4 aromatic rings. The largest absolute Gasteiger partial charge is 0.479 e. The number of carbonyl (C=O) groups is 1. The van der Waals surface area contributed by atoms with Crippen molar-refractivity contribution >= 4 is 11.7 Å². The summed E-state index contributed by atoms with van der Waals surface area (Å²) in [6.07, 6.45) is 4.24. The van der Waals surface area contributed by atoms with Gasteiger partial charge in [-0.2, -0.15) is 15.3 Å². The van der Waals surface area contributed by atoms with Gasteiger partial charge < -0.3 is 9.84 Å². The first-order valence-electron chi connectivity index (χ1n) is 14.8. The van der Waals surface area contributed by atoms with E-state index in [9.17, 15) is 20.0 Å². The lowest BCUT2D eigenvalue weighted by Gasteiger charge is -2.31. The molecule has 1 fully saturated rings. The first kappa shape index (κ1) is 29.2. The fourth-order valence-corrected chi connectivity index (χ4v) is 6.07. The highest BCUT2D eigenvalue weighted by molar-refractivity contribution is 5.72. The molecule has 9 heteroatoms. The normalized spacial score (nSPS) is 17.7. The average Bonchev–Trinajstić information content (AvgIpc) is 3.39. The quantitative estimate of drug-likeness (QED) is 0.263. The molecule has 0 amide bonds. The van der Waals surface area contributed by atoms with E-state index in [2.05, 4.69) is 18.0 Å². The molecule has 42 heavy (non-hydrogen) atoms. The van der Waals surface area contributed by atoms with Crippen LogP contribution in [0.15, 0.2) is 53.3 Å². The highest BCUT2D eigenvalue weighted by Gasteiger charge is 2.30. The van der Waals surface area contributed by atoms with Crippen LogP contribution in [-0.2, 0) is 22.4 Å². The number of rotatable bonds is 10. The molecular formula is C33H37N5O4. The van der Waals surface area contributed by atoms with Crippen molar-refractivity contribution in [3.05, 3.63) is 87.1 Å². The highest BCUT2D eigenvalue weighted by atomic mass is 16.5. The molecule has 0 radical (unpaired) electrons. The van der Waals surface area contributed by atoms with Gasteiger partial charge in [-0.15, -0.1) is 0 Å². The summed E-state index contributed by atoms with van der Waals surface area (Å²) in [4.78, 5) is 30.5. The van der Waals surface area contributed by atoms with Gasteiger partial charge in [-0.3, -0.25) is 9.36 Å². The molecule has 0 bridgehead atoms. The maximum atomic E-state index is 14.3. The van der Waals surface area contributed by atoms with Crippen LogP contribution >= 0.6 is 0 Å². The number of aromatic nitrogens is 4. The Kier molecular flexibility index (Phi) is 8.83. The second-order valence-corrected chi connectivity index (χ2v) is 11.1. The maximum absolute atomic E-state index is 14.3. The second kappa shape index (κ2) is 12.7. The molecule has 0 spiro atoms. The molecule has 1 unspecified atom stereocenters. The predicted octanol–water partition coefficient (Wildman–Crippen LogP) is 5.64. The van der Waals surface area contributed by atoms with E-state index in [-0.39, 0.29) is 17.7 Å². The van der Waals surface area contributed by atoms with Gasteiger partial charge in [0.2, 0.25) is 5.78 Å². The third-order valence-corrected chi connectivity index (χ3v) is 8.18. The van der Waals surface area contributed by atoms with Crippen LogP contribution in [0.1, 0.15) is 86.6 Å². The summed E-state index contributed by atoms with van der Waals surface area (Å²) >= 11 is 0. The van der Waals surface area contributed by atoms with E-state index in [1.165, 1.54) is 0 Å². The van der Waals surface area contributed by atoms with Crippen LogP contribution in [0.5, 0.6) is 0 Å². The first-order valence-corrected chi connectivity index (χ1v) is 14.8. The Labute approximate surface area is 245 Å². The van der Waals surface area contributed by atoms with Crippen LogP contribution in [0.25, 0.3) is 16.9 Å². The van der Waals surface area contributed by atoms with Crippen molar-refractivity contribution < 1.29 is 14.6 Å². The summed E-state index contributed by atoms with van der Waals surface area (Å²) in [5.74, 6) is 0.242. The number of carboxylic acid groups (broad SMARTS) is 1. The van der Waals surface area contributed by atoms with E-state index in [4.69, 9.17) is 9.84 Å². The monoisotopic (exact) mass is 567 g/mol. The van der Waals surface area contributed by atoms with E-state index in [0.29, 0.717) is 62.1 Å². The molecule has 1 aliphatic carbocycles. The minimum Gasteiger partial charge on any atom is -0.479 e. The summed E-state index contributed by atoms with van der Waals surface area (Å²) in [6.45, 7) is 5.75. The van der Waals surface area contributed by atoms with E-state index in [0.717, 1.165) is 34.4 Å². The van der Waals surface area contributed by atoms with Crippen LogP contribution in [0, 0.1) is 18.3 Å². The van der Waals surface area contributed by atoms with Gasteiger partial charge in [0.05, 0.1) is 23.4 Å². The number of benzene rings is 2. The van der Waals surface area contributed by atoms with Gasteiger partial charge >= 0.3 is 5.97 Å². The Hall–Kier alpha value is -4.29. The predicted molar refractivity (Wildman–Crippen MR) is 159 cm³/mol. The number of fused-ring (bicyclic) bond motifs is 1. The van der Waals surface area contributed by atoms with Crippen LogP contribution in [-0.4, -0.2) is 42.4 Å². The number of nitrogens with zero attached hydrogens (tertiary/aromatic N) is 5. The smallest absolute Gasteiger partial charge is 0.332 e. The van der Waals surface area contributed by atoms with Gasteiger partial charge in [0.15, 0.2) is 6.10 Å². The van der Waals surface area contributed by atoms with Crippen molar-refractivity contribution in [1.82, 2.24) is 19.2 Å². The van der Waals surface area contributed by atoms with Crippen LogP contribution in [0.2, 0.25) is 0 Å². The molecule has 2 aromatic heterocycles. The Morgan fingerprint density at radius 1 is 1.12 bits per heavy atom. The molecule has 1 N–H and O–H groups in total. The highest BCUT2D eigenvalue weighted by Crippen LogP contribution is 2.32. The van der Waals surface area contributed by atoms with E-state index < -0.39 is 12.1 Å². The number of ether oxygens (including phenoxy) is 1. The van der Waals surface area contributed by atoms with Crippen molar-refractivity contribution in [3.63, 3.8) is 0 Å². The lowest BCUT2D eigenvalue weighted by atomic mass is 9.92. The molecule has 2 aromatic carbocycles. The van der Waals surface area contributed by atoms with Crippen LogP contribution < -0.4 is 5.56 Å². The van der Waals surface area contributed by atoms with Crippen LogP contribution in [0.4, 0.5) is 0 Å². The molecule has 5 rings (SSSR count). The maximum Gasteiger partial charge on any atom is 0.332 e. The zero-order chi connectivity index (χ0) is 29.8. The van der Waals surface area contributed by atoms with Gasteiger partial charge in [-0.25, -0.2) is 9.31 Å². The molecule has 0 aliphatic heterocycles. The molecule has 9 nitrogen and oxygen atoms in total. The number of hydrogen-bond donors (Lipinski definition) is 1. The van der Waals surface area contributed by atoms with Gasteiger partial charge in [-0.05, 0) is 68.2 Å². The average molecular weight is 568 g/mol. The van der Waals surface area contributed by atoms with Gasteiger partial charge in [0.25, 0.3) is 5.56 Å². The van der Waals surface area contributed by atoms with Gasteiger partial charge in [-0.1, -0.05) is 62.7 Å². The SMILES string of the molecule is CCCc1c(Cc2ccc(-c3ccccc3C#N)cc2)c(=O)n(C2CCC(OC(CC)C(=O)O)CC2)c2nc(C)nn12. The summed E-state index contributed by atoms with van der Waals surface area (Å²) in [5, 5.41) is 23.6. The van der Waals surface area contributed by atoms with Gasteiger partial charge in [0, 0.05) is 18.0 Å². The zero-order valence-electron chi connectivity index (χ0n) is 24.4. The summed E-state index contributed by atoms with van der Waals surface area (Å²) in [6, 6.07) is 17.8. The van der Waals surface area contributed by atoms with Gasteiger partial charge in [0.1, 0.15) is 5.82 Å². The molecular weight excluding hydrogens is 530 g/mol. The number of aliphatic carboxylic acids is 1. The van der Waals surface area contributed by atoms with Crippen molar-refractivity contribution in [3.8, 4) is 17.2 Å². The fraction of sp³-hybridized carbons (Fsp3) is 0.424. The molecule has 1 aliphatic rings. The lowest BCUT2D eigenvalue weighted by molar-refractivity contribution is -0.156. The minimum absolute atomic E-state index is 0.0430. The summed E-state index contributed by atoms with van der Waals surface area (Å²) < 4.78 is 9.55. The molecule has 218 valence electrons. The standard InChI is InChI=1S/C33H37N5O4/c1-4-8-29-28(19-22-11-13-23(14-12-22)27-10-7-6-9-24(27)20-34)31(39)37(33-35-21(3)36-38(29)33)25-15-17-26(18-16-25)42-30(5-2)32(40)41/h6-7,9-14,25-26,30H,4-5,8,15-19H2,1-3H3,(H,40,41). The third-order valence-electron chi connectivity index (χ3n) is 8.18. The topological polar surface area (TPSA) is 123 Å². The van der Waals surface area contributed by atoms with Crippen molar-refractivity contribution in [2.24, 2.45) is 0 Å². The fourth-order valence-electron chi connectivity index (χ4n) is 6.07. The first-order chi connectivity index (χ1) is 20.3. The second-order valence-electron chi connectivity index (χ2n) is 11.1. The Bertz CT molecular complexity index is 1670. The number of aryl methyl sites for hydroxylation is 2. The minimum atomic E-state index is -0.935. The van der Waals surface area contributed by atoms with Crippen LogP contribution in [0.3, 0.4) is 0 Å². The number of hydrogen-bond acceptors (Lipinski definition) is 6. The Morgan fingerprint density at radius 2 is 1.83 bits per heavy atom. The third kappa shape index (κ3) is 5.86. The number of carboxylic acids is 1. The molecule has 1 atom stereocenters. The van der Waals surface area contributed by atoms with E-state index in [1.54, 1.807) is 0 Å². The zero-order valence-corrected chi connectivity index (χ0v) is 24.4. The molecule has 1 saturated carbocycles. The molecule has 0 saturated heterocycles.